The average Bonchev–Trinajstić information content (AvgIpc) is 2.82. The SMILES string of the molecule is O=C(O)c1cc(O)c(O)c(O)c1Oc1c(O)c2c(O)oc3c(=O)c(O)c(O)c4c(O)oc(c1=O)c2c43. The summed E-state index contributed by atoms with van der Waals surface area (Å²) < 4.78 is 15.1. The van der Waals surface area contributed by atoms with E-state index in [1.807, 2.05) is 0 Å². The van der Waals surface area contributed by atoms with Crippen molar-refractivity contribution >= 4 is 38.7 Å². The molecular weight excluding hydrogens is 492 g/mol. The van der Waals surface area contributed by atoms with Gasteiger partial charge in [-0.25, -0.2) is 4.79 Å². The van der Waals surface area contributed by atoms with Crippen LogP contribution in [0.4, 0.5) is 0 Å². The summed E-state index contributed by atoms with van der Waals surface area (Å²) >= 11 is 0. The summed E-state index contributed by atoms with van der Waals surface area (Å²) in [7, 11) is 0. The molecule has 0 aliphatic rings. The summed E-state index contributed by atoms with van der Waals surface area (Å²) in [5.41, 5.74) is -5.53. The highest BCUT2D eigenvalue weighted by Gasteiger charge is 2.33. The summed E-state index contributed by atoms with van der Waals surface area (Å²) in [6, 6.07) is 0.465. The van der Waals surface area contributed by atoms with Crippen LogP contribution in [0.2, 0.25) is 0 Å². The van der Waals surface area contributed by atoms with Crippen molar-refractivity contribution in [2.45, 2.75) is 0 Å². The molecule has 184 valence electrons. The minimum atomic E-state index is -1.81. The van der Waals surface area contributed by atoms with Gasteiger partial charge in [-0.15, -0.1) is 0 Å². The lowest BCUT2D eigenvalue weighted by molar-refractivity contribution is 0.0692. The van der Waals surface area contributed by atoms with Gasteiger partial charge in [-0.2, -0.15) is 0 Å². The highest BCUT2D eigenvalue weighted by atomic mass is 16.5. The lowest BCUT2D eigenvalue weighted by atomic mass is 10.0. The Bertz CT molecular complexity index is 1910. The average molecular weight is 502 g/mol. The summed E-state index contributed by atoms with van der Waals surface area (Å²) in [5.74, 6) is -13.9. The predicted molar refractivity (Wildman–Crippen MR) is 114 cm³/mol. The second-order valence-corrected chi connectivity index (χ2v) is 7.38. The number of carboxylic acid groups (broad SMARTS) is 1. The van der Waals surface area contributed by atoms with Gasteiger partial charge in [0.25, 0.3) is 22.8 Å². The van der Waals surface area contributed by atoms with Crippen molar-refractivity contribution in [2.24, 2.45) is 0 Å². The number of hydrogen-bond donors (Lipinski definition) is 9. The first-order valence-corrected chi connectivity index (χ1v) is 9.43. The highest BCUT2D eigenvalue weighted by molar-refractivity contribution is 6.25. The first-order chi connectivity index (χ1) is 16.9. The molecule has 0 atom stereocenters. The fourth-order valence-electron chi connectivity index (χ4n) is 3.82. The molecule has 3 aromatic carbocycles. The molecule has 0 radical (unpaired) electrons. The maximum absolute atomic E-state index is 13.2. The molecule has 0 fully saturated rings. The molecule has 0 bridgehead atoms. The normalized spacial score (nSPS) is 11.6. The minimum Gasteiger partial charge on any atom is -0.504 e. The molecule has 0 saturated carbocycles. The van der Waals surface area contributed by atoms with Crippen LogP contribution in [0.25, 0.3) is 32.7 Å². The van der Waals surface area contributed by atoms with Crippen LogP contribution in [-0.4, -0.2) is 51.9 Å². The Morgan fingerprint density at radius 2 is 1.17 bits per heavy atom. The molecule has 15 nitrogen and oxygen atoms in total. The molecule has 0 unspecified atom stereocenters. The number of ether oxygens (including phenoxy) is 1. The van der Waals surface area contributed by atoms with Gasteiger partial charge < -0.3 is 59.5 Å². The molecule has 36 heavy (non-hydrogen) atoms. The van der Waals surface area contributed by atoms with Crippen molar-refractivity contribution in [3.05, 3.63) is 32.1 Å². The second-order valence-electron chi connectivity index (χ2n) is 7.38. The Hall–Kier alpha value is -5.73. The third-order valence-corrected chi connectivity index (χ3v) is 5.42. The lowest BCUT2D eigenvalue weighted by Gasteiger charge is -2.16. The first-order valence-electron chi connectivity index (χ1n) is 9.43. The van der Waals surface area contributed by atoms with Gasteiger partial charge in [0.2, 0.25) is 23.0 Å². The molecule has 0 spiro atoms. The molecule has 0 aliphatic carbocycles. The number of rotatable bonds is 3. The van der Waals surface area contributed by atoms with E-state index in [1.54, 1.807) is 0 Å². The minimum absolute atomic E-state index is 0.465. The molecule has 0 aliphatic heterocycles. The van der Waals surface area contributed by atoms with E-state index in [0.29, 0.717) is 6.07 Å². The number of benzene rings is 3. The van der Waals surface area contributed by atoms with Crippen molar-refractivity contribution in [2.75, 3.05) is 0 Å². The fraction of sp³-hybridized carbons (Fsp3) is 0. The van der Waals surface area contributed by atoms with Gasteiger partial charge in [0, 0.05) is 6.07 Å². The highest BCUT2D eigenvalue weighted by Crippen LogP contribution is 2.52. The van der Waals surface area contributed by atoms with E-state index >= 15 is 0 Å². The van der Waals surface area contributed by atoms with Crippen molar-refractivity contribution in [3.63, 3.8) is 0 Å². The van der Waals surface area contributed by atoms with Crippen LogP contribution in [0.15, 0.2) is 24.5 Å². The molecule has 9 N–H and O–H groups in total. The Labute approximate surface area is 193 Å². The Kier molecular flexibility index (Phi) is 4.23. The van der Waals surface area contributed by atoms with E-state index in [9.17, 15) is 60.3 Å². The zero-order valence-corrected chi connectivity index (χ0v) is 17.1. The van der Waals surface area contributed by atoms with Gasteiger partial charge >= 0.3 is 5.97 Å². The van der Waals surface area contributed by atoms with E-state index in [2.05, 4.69) is 0 Å². The number of aromatic carboxylic acids is 1. The number of phenols is 6. The van der Waals surface area contributed by atoms with Crippen molar-refractivity contribution < 1.29 is 64.3 Å². The van der Waals surface area contributed by atoms with Crippen LogP contribution in [-0.2, 0) is 0 Å². The molecule has 0 saturated heterocycles. The van der Waals surface area contributed by atoms with E-state index in [0.717, 1.165) is 0 Å². The predicted octanol–water partition coefficient (Wildman–Crippen LogP) is 1.63. The van der Waals surface area contributed by atoms with Crippen molar-refractivity contribution in [3.8, 4) is 57.9 Å². The lowest BCUT2D eigenvalue weighted by Crippen LogP contribution is -2.10. The van der Waals surface area contributed by atoms with E-state index in [4.69, 9.17) is 13.6 Å². The molecule has 5 aromatic rings. The summed E-state index contributed by atoms with van der Waals surface area (Å²) in [6.07, 6.45) is 0. The smallest absolute Gasteiger partial charge is 0.339 e. The van der Waals surface area contributed by atoms with E-state index in [1.165, 1.54) is 0 Å². The van der Waals surface area contributed by atoms with Gasteiger partial charge in [0.15, 0.2) is 34.2 Å². The molecular formula is C21H10O15. The number of phenolic OH excluding ortho intramolecular Hbond substituents is 6. The van der Waals surface area contributed by atoms with Gasteiger partial charge in [-0.05, 0) is 0 Å². The number of carboxylic acids is 1. The van der Waals surface area contributed by atoms with Crippen LogP contribution in [0.1, 0.15) is 10.4 Å². The first kappa shape index (κ1) is 22.1. The fourth-order valence-corrected chi connectivity index (χ4v) is 3.82. The van der Waals surface area contributed by atoms with Crippen LogP contribution in [0.5, 0.6) is 57.9 Å². The Balaban J connectivity index is 1.96. The summed E-state index contributed by atoms with van der Waals surface area (Å²) in [4.78, 5) is 37.1. The zero-order valence-electron chi connectivity index (χ0n) is 17.1. The maximum Gasteiger partial charge on any atom is 0.339 e. The topological polar surface area (TPSA) is 269 Å². The van der Waals surface area contributed by atoms with E-state index in [-0.39, 0.29) is 0 Å². The summed E-state index contributed by atoms with van der Waals surface area (Å²) in [5, 5.41) is 87.7. The van der Waals surface area contributed by atoms with Gasteiger partial charge in [0.05, 0.1) is 10.8 Å². The van der Waals surface area contributed by atoms with Gasteiger partial charge in [-0.1, -0.05) is 0 Å². The van der Waals surface area contributed by atoms with Gasteiger partial charge in [0.1, 0.15) is 16.3 Å². The van der Waals surface area contributed by atoms with Crippen LogP contribution < -0.4 is 15.6 Å². The van der Waals surface area contributed by atoms with Gasteiger partial charge in [-0.3, -0.25) is 9.59 Å². The number of aromatic hydroxyl groups is 8. The number of carbonyl (C=O) groups is 1. The maximum atomic E-state index is 13.2. The third kappa shape index (κ3) is 2.58. The monoisotopic (exact) mass is 502 g/mol. The largest absolute Gasteiger partial charge is 0.504 e. The van der Waals surface area contributed by atoms with Crippen LogP contribution in [0, 0.1) is 0 Å². The summed E-state index contributed by atoms with van der Waals surface area (Å²) in [6.45, 7) is 0. The van der Waals surface area contributed by atoms with Crippen molar-refractivity contribution in [1.82, 2.24) is 0 Å². The second kappa shape index (κ2) is 6.89. The molecule has 5 rings (SSSR count). The standard InChI is InChI=1S/C21H10O15/c22-3-1-2(19(30)31)15(12(27)8(3)23)34-18-10(25)7-5-4-6(20(32)36-17(5)14(18)29)9(24)11(26)13(28)16(4)35-21(7)33/h1,22-27,32-33H,(H,30,31). The Morgan fingerprint density at radius 3 is 1.72 bits per heavy atom. The van der Waals surface area contributed by atoms with Crippen LogP contribution in [0.3, 0.4) is 0 Å². The molecule has 0 amide bonds. The van der Waals surface area contributed by atoms with Crippen molar-refractivity contribution in [1.29, 1.82) is 0 Å². The van der Waals surface area contributed by atoms with Crippen LogP contribution >= 0.6 is 0 Å². The third-order valence-electron chi connectivity index (χ3n) is 5.42. The van der Waals surface area contributed by atoms with E-state index < -0.39 is 113 Å². The molecule has 2 heterocycles. The molecule has 2 aromatic heterocycles. The zero-order chi connectivity index (χ0) is 26.4. The number of hydrogen-bond acceptors (Lipinski definition) is 14. The molecule has 15 heteroatoms. The quantitative estimate of drug-likeness (QED) is 0.125. The Morgan fingerprint density at radius 1 is 0.639 bits per heavy atom.